The van der Waals surface area contributed by atoms with Gasteiger partial charge in [-0.15, -0.1) is 0 Å². The van der Waals surface area contributed by atoms with Gasteiger partial charge in [0.05, 0.1) is 0 Å². The van der Waals surface area contributed by atoms with E-state index in [9.17, 15) is 4.79 Å². The van der Waals surface area contributed by atoms with Crippen molar-refractivity contribution in [1.29, 1.82) is 0 Å². The van der Waals surface area contributed by atoms with E-state index < -0.39 is 0 Å². The number of carbonyl (C=O) groups is 1. The van der Waals surface area contributed by atoms with Crippen LogP contribution in [0.1, 0.15) is 35.1 Å². The van der Waals surface area contributed by atoms with E-state index in [2.05, 4.69) is 27.8 Å². The summed E-state index contributed by atoms with van der Waals surface area (Å²) in [7, 11) is 0. The standard InChI is InChI=1S/C14H15BrN2O/c1-3-7-17-8-6-16-14(17)13(18)11-4-5-12(15)10(2)9-11/h4-6,8-9H,3,7H2,1-2H3. The van der Waals surface area contributed by atoms with Crippen LogP contribution in [0, 0.1) is 6.92 Å². The molecule has 0 aliphatic carbocycles. The Morgan fingerprint density at radius 1 is 1.44 bits per heavy atom. The summed E-state index contributed by atoms with van der Waals surface area (Å²) in [5.74, 6) is 0.489. The van der Waals surface area contributed by atoms with Crippen molar-refractivity contribution in [3.05, 3.63) is 52.0 Å². The molecule has 0 bridgehead atoms. The van der Waals surface area contributed by atoms with Gasteiger partial charge in [0.2, 0.25) is 5.78 Å². The molecule has 0 amide bonds. The predicted octanol–water partition coefficient (Wildman–Crippen LogP) is 3.60. The minimum absolute atomic E-state index is 0.0240. The Labute approximate surface area is 115 Å². The van der Waals surface area contributed by atoms with E-state index >= 15 is 0 Å². The lowest BCUT2D eigenvalue weighted by atomic mass is 10.1. The number of carbonyl (C=O) groups excluding carboxylic acids is 1. The molecule has 94 valence electrons. The summed E-state index contributed by atoms with van der Waals surface area (Å²) in [6.45, 7) is 4.87. The van der Waals surface area contributed by atoms with E-state index in [4.69, 9.17) is 0 Å². The maximum absolute atomic E-state index is 12.4. The lowest BCUT2D eigenvalue weighted by molar-refractivity contribution is 0.102. The number of aromatic nitrogens is 2. The van der Waals surface area contributed by atoms with Crippen molar-refractivity contribution in [3.8, 4) is 0 Å². The molecule has 0 aliphatic rings. The molecule has 3 nitrogen and oxygen atoms in total. The van der Waals surface area contributed by atoms with Gasteiger partial charge in [-0.1, -0.05) is 22.9 Å². The van der Waals surface area contributed by atoms with Gasteiger partial charge in [0.25, 0.3) is 0 Å². The summed E-state index contributed by atoms with van der Waals surface area (Å²) in [5.41, 5.74) is 1.73. The van der Waals surface area contributed by atoms with Crippen molar-refractivity contribution in [3.63, 3.8) is 0 Å². The van der Waals surface area contributed by atoms with E-state index in [1.54, 1.807) is 6.20 Å². The monoisotopic (exact) mass is 306 g/mol. The van der Waals surface area contributed by atoms with E-state index in [0.29, 0.717) is 11.4 Å². The van der Waals surface area contributed by atoms with Crippen molar-refractivity contribution < 1.29 is 4.79 Å². The average Bonchev–Trinajstić information content (AvgIpc) is 2.80. The number of halogens is 1. The minimum atomic E-state index is -0.0240. The molecule has 0 saturated carbocycles. The molecule has 0 unspecified atom stereocenters. The smallest absolute Gasteiger partial charge is 0.228 e. The summed E-state index contributed by atoms with van der Waals surface area (Å²) >= 11 is 3.43. The first-order valence-corrected chi connectivity index (χ1v) is 6.74. The summed E-state index contributed by atoms with van der Waals surface area (Å²) in [5, 5.41) is 0. The first-order chi connectivity index (χ1) is 8.63. The van der Waals surface area contributed by atoms with Gasteiger partial charge < -0.3 is 4.57 Å². The second-order valence-corrected chi connectivity index (χ2v) is 5.09. The van der Waals surface area contributed by atoms with Gasteiger partial charge >= 0.3 is 0 Å². The lowest BCUT2D eigenvalue weighted by Crippen LogP contribution is -2.11. The van der Waals surface area contributed by atoms with Crippen LogP contribution in [0.15, 0.2) is 35.1 Å². The second-order valence-electron chi connectivity index (χ2n) is 4.24. The molecule has 2 rings (SSSR count). The van der Waals surface area contributed by atoms with E-state index in [1.165, 1.54) is 0 Å². The number of imidazole rings is 1. The second kappa shape index (κ2) is 5.48. The molecule has 2 aromatic rings. The highest BCUT2D eigenvalue weighted by atomic mass is 79.9. The van der Waals surface area contributed by atoms with E-state index in [-0.39, 0.29) is 5.78 Å². The Morgan fingerprint density at radius 3 is 2.89 bits per heavy atom. The predicted molar refractivity (Wildman–Crippen MR) is 74.8 cm³/mol. The van der Waals surface area contributed by atoms with Crippen LogP contribution in [-0.4, -0.2) is 15.3 Å². The fourth-order valence-corrected chi connectivity index (χ4v) is 2.10. The highest BCUT2D eigenvalue weighted by molar-refractivity contribution is 9.10. The summed E-state index contributed by atoms with van der Waals surface area (Å²) < 4.78 is 2.91. The van der Waals surface area contributed by atoms with Gasteiger partial charge in [0, 0.05) is 29.0 Å². The summed E-state index contributed by atoms with van der Waals surface area (Å²) in [6, 6.07) is 5.61. The highest BCUT2D eigenvalue weighted by Crippen LogP contribution is 2.19. The Kier molecular flexibility index (Phi) is 3.97. The largest absolute Gasteiger partial charge is 0.328 e. The molecule has 1 aromatic carbocycles. The summed E-state index contributed by atoms with van der Waals surface area (Å²) in [6.07, 6.45) is 4.51. The number of ketones is 1. The number of hydrogen-bond acceptors (Lipinski definition) is 2. The third kappa shape index (κ3) is 2.53. The van der Waals surface area contributed by atoms with Crippen LogP contribution in [0.5, 0.6) is 0 Å². The lowest BCUT2D eigenvalue weighted by Gasteiger charge is -2.06. The van der Waals surface area contributed by atoms with Crippen LogP contribution in [0.4, 0.5) is 0 Å². The molecule has 18 heavy (non-hydrogen) atoms. The molecule has 0 atom stereocenters. The molecule has 4 heteroatoms. The third-order valence-electron chi connectivity index (χ3n) is 2.80. The molecular formula is C14H15BrN2O. The van der Waals surface area contributed by atoms with Gasteiger partial charge in [-0.3, -0.25) is 4.79 Å². The zero-order valence-corrected chi connectivity index (χ0v) is 12.1. The van der Waals surface area contributed by atoms with E-state index in [0.717, 1.165) is 23.0 Å². The van der Waals surface area contributed by atoms with Crippen molar-refractivity contribution in [1.82, 2.24) is 9.55 Å². The van der Waals surface area contributed by atoms with Crippen LogP contribution >= 0.6 is 15.9 Å². The van der Waals surface area contributed by atoms with Crippen LogP contribution in [0.2, 0.25) is 0 Å². The zero-order chi connectivity index (χ0) is 13.1. The molecule has 0 spiro atoms. The van der Waals surface area contributed by atoms with E-state index in [1.807, 2.05) is 35.9 Å². The molecule has 0 saturated heterocycles. The first-order valence-electron chi connectivity index (χ1n) is 5.95. The topological polar surface area (TPSA) is 34.9 Å². The normalized spacial score (nSPS) is 10.6. The SMILES string of the molecule is CCCn1ccnc1C(=O)c1ccc(Br)c(C)c1. The first kappa shape index (κ1) is 13.0. The Hall–Kier alpha value is -1.42. The number of nitrogens with zero attached hydrogens (tertiary/aromatic N) is 2. The molecular weight excluding hydrogens is 292 g/mol. The fraction of sp³-hybridized carbons (Fsp3) is 0.286. The van der Waals surface area contributed by atoms with Crippen LogP contribution in [-0.2, 0) is 6.54 Å². The van der Waals surface area contributed by atoms with Crippen molar-refractivity contribution >= 4 is 21.7 Å². The van der Waals surface area contributed by atoms with Crippen molar-refractivity contribution in [2.75, 3.05) is 0 Å². The maximum atomic E-state index is 12.4. The summed E-state index contributed by atoms with van der Waals surface area (Å²) in [4.78, 5) is 16.5. The maximum Gasteiger partial charge on any atom is 0.228 e. The Bertz CT molecular complexity index is 575. The molecule has 1 heterocycles. The molecule has 1 aromatic heterocycles. The number of rotatable bonds is 4. The fourth-order valence-electron chi connectivity index (χ4n) is 1.85. The quantitative estimate of drug-likeness (QED) is 0.809. The zero-order valence-electron chi connectivity index (χ0n) is 10.5. The number of hydrogen-bond donors (Lipinski definition) is 0. The Balaban J connectivity index is 2.35. The number of benzene rings is 1. The molecule has 0 aliphatic heterocycles. The molecule has 0 N–H and O–H groups in total. The molecule has 0 fully saturated rings. The van der Waals surface area contributed by atoms with Crippen molar-refractivity contribution in [2.24, 2.45) is 0 Å². The highest BCUT2D eigenvalue weighted by Gasteiger charge is 2.15. The van der Waals surface area contributed by atoms with Crippen molar-refractivity contribution in [2.45, 2.75) is 26.8 Å². The molecule has 0 radical (unpaired) electrons. The third-order valence-corrected chi connectivity index (χ3v) is 3.69. The van der Waals surface area contributed by atoms with Crippen LogP contribution < -0.4 is 0 Å². The van der Waals surface area contributed by atoms with Gasteiger partial charge in [0.1, 0.15) is 0 Å². The van der Waals surface area contributed by atoms with Crippen LogP contribution in [0.3, 0.4) is 0 Å². The van der Waals surface area contributed by atoms with Gasteiger partial charge in [-0.25, -0.2) is 4.98 Å². The average molecular weight is 307 g/mol. The Morgan fingerprint density at radius 2 is 2.22 bits per heavy atom. The minimum Gasteiger partial charge on any atom is -0.328 e. The van der Waals surface area contributed by atoms with Gasteiger partial charge in [-0.05, 0) is 37.1 Å². The van der Waals surface area contributed by atoms with Gasteiger partial charge in [-0.2, -0.15) is 0 Å². The number of aryl methyl sites for hydroxylation is 2. The van der Waals surface area contributed by atoms with Gasteiger partial charge in [0.15, 0.2) is 5.82 Å². The van der Waals surface area contributed by atoms with Crippen LogP contribution in [0.25, 0.3) is 0 Å².